The Hall–Kier alpha value is -1.06. The molecule has 4 heteroatoms. The van der Waals surface area contributed by atoms with Gasteiger partial charge in [-0.2, -0.15) is 0 Å². The third-order valence-corrected chi connectivity index (χ3v) is 2.92. The van der Waals surface area contributed by atoms with Crippen LogP contribution in [0.2, 0.25) is 0 Å². The first-order valence-corrected chi connectivity index (χ1v) is 4.79. The van der Waals surface area contributed by atoms with Gasteiger partial charge in [0.2, 0.25) is 5.91 Å². The predicted octanol–water partition coefficient (Wildman–Crippen LogP) is 1.67. The van der Waals surface area contributed by atoms with E-state index in [9.17, 15) is 4.79 Å². The first kappa shape index (κ1) is 12.0. The van der Waals surface area contributed by atoms with Crippen molar-refractivity contribution in [1.29, 1.82) is 0 Å². The Bertz CT molecular complexity index is 381. The summed E-state index contributed by atoms with van der Waals surface area (Å²) in [4.78, 5) is 11.8. The van der Waals surface area contributed by atoms with Crippen LogP contribution in [0.5, 0.6) is 0 Å². The van der Waals surface area contributed by atoms with E-state index in [0.29, 0.717) is 13.0 Å². The zero-order valence-electron chi connectivity index (χ0n) is 8.62. The van der Waals surface area contributed by atoms with Crippen LogP contribution in [0.1, 0.15) is 18.9 Å². The number of nitrogens with one attached hydrogen (secondary N) is 1. The number of hydrogen-bond donors (Lipinski definition) is 2. The number of rotatable bonds is 2. The Morgan fingerprint density at radius 3 is 2.73 bits per heavy atom. The summed E-state index contributed by atoms with van der Waals surface area (Å²) in [6.45, 7) is 2.47. The van der Waals surface area contributed by atoms with Crippen molar-refractivity contribution in [3.8, 4) is 0 Å². The summed E-state index contributed by atoms with van der Waals surface area (Å²) in [7, 11) is 0. The highest BCUT2D eigenvalue weighted by atomic mass is 35.5. The number of anilines is 1. The number of halogens is 1. The number of benzene rings is 1. The van der Waals surface area contributed by atoms with E-state index in [1.807, 2.05) is 31.2 Å². The molecule has 3 N–H and O–H groups in total. The van der Waals surface area contributed by atoms with E-state index >= 15 is 0 Å². The lowest BCUT2D eigenvalue weighted by Crippen LogP contribution is -2.33. The van der Waals surface area contributed by atoms with Gasteiger partial charge >= 0.3 is 0 Å². The van der Waals surface area contributed by atoms with Crippen LogP contribution in [-0.4, -0.2) is 12.5 Å². The minimum absolute atomic E-state index is 0. The number of carbonyl (C=O) groups is 1. The molecule has 0 aromatic heterocycles. The highest BCUT2D eigenvalue weighted by Crippen LogP contribution is 2.39. The zero-order valence-corrected chi connectivity index (χ0v) is 9.43. The van der Waals surface area contributed by atoms with Crippen molar-refractivity contribution in [2.24, 2.45) is 5.73 Å². The number of nitrogens with two attached hydrogens (primary N) is 1. The number of amides is 1. The topological polar surface area (TPSA) is 55.1 Å². The highest BCUT2D eigenvalue weighted by Gasteiger charge is 2.41. The normalized spacial score (nSPS) is 22.9. The first-order chi connectivity index (χ1) is 6.68. The smallest absolute Gasteiger partial charge is 0.234 e. The van der Waals surface area contributed by atoms with Gasteiger partial charge in [0.15, 0.2) is 0 Å². The molecule has 0 saturated carbocycles. The molecule has 82 valence electrons. The van der Waals surface area contributed by atoms with Crippen molar-refractivity contribution in [2.45, 2.75) is 18.8 Å². The van der Waals surface area contributed by atoms with E-state index in [2.05, 4.69) is 5.32 Å². The summed E-state index contributed by atoms with van der Waals surface area (Å²) in [6, 6.07) is 7.79. The molecule has 1 heterocycles. The summed E-state index contributed by atoms with van der Waals surface area (Å²) in [5.74, 6) is 0.0594. The molecule has 0 radical (unpaired) electrons. The molecule has 1 aliphatic heterocycles. The molecule has 0 spiro atoms. The van der Waals surface area contributed by atoms with Gasteiger partial charge in [0.05, 0.1) is 5.41 Å². The second-order valence-corrected chi connectivity index (χ2v) is 3.87. The van der Waals surface area contributed by atoms with Gasteiger partial charge in [0.1, 0.15) is 0 Å². The van der Waals surface area contributed by atoms with Crippen molar-refractivity contribution in [1.82, 2.24) is 0 Å². The number of para-hydroxylation sites is 1. The van der Waals surface area contributed by atoms with Gasteiger partial charge in [-0.05, 0) is 31.5 Å². The van der Waals surface area contributed by atoms with Gasteiger partial charge in [0, 0.05) is 5.69 Å². The summed E-state index contributed by atoms with van der Waals surface area (Å²) in [6.07, 6.45) is 0.690. The Kier molecular flexibility index (Phi) is 3.37. The molecule has 1 atom stereocenters. The molecule has 2 rings (SSSR count). The zero-order chi connectivity index (χ0) is 10.2. The average Bonchev–Trinajstić information content (AvgIpc) is 2.41. The summed E-state index contributed by atoms with van der Waals surface area (Å²) >= 11 is 0. The van der Waals surface area contributed by atoms with Gasteiger partial charge in [-0.3, -0.25) is 4.79 Å². The number of hydrogen-bond acceptors (Lipinski definition) is 2. The van der Waals surface area contributed by atoms with Crippen molar-refractivity contribution in [3.63, 3.8) is 0 Å². The van der Waals surface area contributed by atoms with E-state index in [4.69, 9.17) is 5.73 Å². The van der Waals surface area contributed by atoms with Crippen molar-refractivity contribution in [3.05, 3.63) is 29.8 Å². The van der Waals surface area contributed by atoms with Gasteiger partial charge in [0.25, 0.3) is 0 Å². The van der Waals surface area contributed by atoms with Gasteiger partial charge in [-0.1, -0.05) is 18.2 Å². The quantitative estimate of drug-likeness (QED) is 0.806. The van der Waals surface area contributed by atoms with Gasteiger partial charge in [-0.25, -0.2) is 0 Å². The maximum absolute atomic E-state index is 11.8. The standard InChI is InChI=1S/C11H14N2O.ClH/c1-11(6-7-12)8-4-2-3-5-9(8)13-10(11)14;/h2-5H,6-7,12H2,1H3,(H,13,14);1H. The van der Waals surface area contributed by atoms with E-state index in [1.54, 1.807) is 0 Å². The van der Waals surface area contributed by atoms with Crippen LogP contribution < -0.4 is 11.1 Å². The lowest BCUT2D eigenvalue weighted by molar-refractivity contribution is -0.120. The molecule has 15 heavy (non-hydrogen) atoms. The highest BCUT2D eigenvalue weighted by molar-refractivity contribution is 6.05. The molecule has 0 saturated heterocycles. The molecule has 3 nitrogen and oxygen atoms in total. The largest absolute Gasteiger partial charge is 0.330 e. The molecular weight excluding hydrogens is 212 g/mol. The predicted molar refractivity (Wildman–Crippen MR) is 63.3 cm³/mol. The molecule has 1 unspecified atom stereocenters. The minimum atomic E-state index is -0.439. The van der Waals surface area contributed by atoms with Crippen molar-refractivity contribution < 1.29 is 4.79 Å². The van der Waals surface area contributed by atoms with E-state index in [1.165, 1.54) is 0 Å². The van der Waals surface area contributed by atoms with Crippen LogP contribution >= 0.6 is 12.4 Å². The Labute approximate surface area is 95.5 Å². The molecule has 0 bridgehead atoms. The summed E-state index contributed by atoms with van der Waals surface area (Å²) in [5, 5.41) is 2.88. The summed E-state index contributed by atoms with van der Waals surface area (Å²) < 4.78 is 0. The minimum Gasteiger partial charge on any atom is -0.330 e. The molecule has 1 aromatic rings. The third kappa shape index (κ3) is 1.73. The van der Waals surface area contributed by atoms with Crippen LogP contribution in [0.3, 0.4) is 0 Å². The fraction of sp³-hybridized carbons (Fsp3) is 0.364. The second kappa shape index (κ2) is 4.21. The monoisotopic (exact) mass is 226 g/mol. The molecule has 0 aliphatic carbocycles. The van der Waals surface area contributed by atoms with Crippen LogP contribution in [0.15, 0.2) is 24.3 Å². The van der Waals surface area contributed by atoms with E-state index in [0.717, 1.165) is 11.3 Å². The van der Waals surface area contributed by atoms with Crippen LogP contribution in [0.25, 0.3) is 0 Å². The summed E-state index contributed by atoms with van der Waals surface area (Å²) in [5.41, 5.74) is 7.08. The van der Waals surface area contributed by atoms with Crippen LogP contribution in [0.4, 0.5) is 5.69 Å². The molecule has 1 aliphatic rings. The van der Waals surface area contributed by atoms with E-state index in [-0.39, 0.29) is 18.3 Å². The van der Waals surface area contributed by atoms with E-state index < -0.39 is 5.41 Å². The van der Waals surface area contributed by atoms with Gasteiger partial charge < -0.3 is 11.1 Å². The maximum atomic E-state index is 11.8. The average molecular weight is 227 g/mol. The van der Waals surface area contributed by atoms with Crippen molar-refractivity contribution in [2.75, 3.05) is 11.9 Å². The Morgan fingerprint density at radius 2 is 2.07 bits per heavy atom. The fourth-order valence-corrected chi connectivity index (χ4v) is 1.99. The SMILES string of the molecule is CC1(CCN)C(=O)Nc2ccccc21.Cl. The number of carbonyl (C=O) groups excluding carboxylic acids is 1. The lowest BCUT2D eigenvalue weighted by Gasteiger charge is -2.20. The second-order valence-electron chi connectivity index (χ2n) is 3.87. The molecule has 1 aromatic carbocycles. The van der Waals surface area contributed by atoms with Gasteiger partial charge in [-0.15, -0.1) is 12.4 Å². The molecular formula is C11H15ClN2O. The maximum Gasteiger partial charge on any atom is 0.234 e. The lowest BCUT2D eigenvalue weighted by atomic mass is 9.81. The van der Waals surface area contributed by atoms with Crippen LogP contribution in [0, 0.1) is 0 Å². The van der Waals surface area contributed by atoms with Crippen molar-refractivity contribution >= 4 is 24.0 Å². The first-order valence-electron chi connectivity index (χ1n) is 4.79. The molecule has 1 amide bonds. The number of fused-ring (bicyclic) bond motifs is 1. The fourth-order valence-electron chi connectivity index (χ4n) is 1.99. The Balaban J connectivity index is 0.00000112. The Morgan fingerprint density at radius 1 is 1.40 bits per heavy atom. The van der Waals surface area contributed by atoms with Crippen LogP contribution in [-0.2, 0) is 10.2 Å². The molecule has 0 fully saturated rings. The third-order valence-electron chi connectivity index (χ3n) is 2.92.